The van der Waals surface area contributed by atoms with Gasteiger partial charge in [-0.05, 0) is 68.9 Å². The molecule has 0 aliphatic heterocycles. The lowest BCUT2D eigenvalue weighted by molar-refractivity contribution is -0.253. The molecule has 11 heteroatoms. The van der Waals surface area contributed by atoms with Crippen molar-refractivity contribution >= 4 is 5.97 Å². The van der Waals surface area contributed by atoms with E-state index in [0.717, 1.165) is 31.4 Å². The predicted octanol–water partition coefficient (Wildman–Crippen LogP) is 6.94. The van der Waals surface area contributed by atoms with Gasteiger partial charge in [-0.15, -0.1) is 0 Å². The van der Waals surface area contributed by atoms with Crippen molar-refractivity contribution in [1.82, 2.24) is 4.98 Å². The van der Waals surface area contributed by atoms with Crippen molar-refractivity contribution in [3.05, 3.63) is 70.6 Å². The van der Waals surface area contributed by atoms with Gasteiger partial charge in [0.05, 0.1) is 31.0 Å². The lowest BCUT2D eigenvalue weighted by Gasteiger charge is -2.29. The molecule has 1 heterocycles. The van der Waals surface area contributed by atoms with Crippen LogP contribution >= 0.6 is 0 Å². The second kappa shape index (κ2) is 12.2. The normalized spacial score (nSPS) is 17.9. The van der Waals surface area contributed by atoms with Crippen LogP contribution in [0.1, 0.15) is 58.6 Å². The van der Waals surface area contributed by atoms with Crippen LogP contribution < -0.4 is 4.74 Å². The number of aromatic nitrogens is 1. The highest BCUT2D eigenvalue weighted by Gasteiger charge is 2.44. The minimum absolute atomic E-state index is 0.0889. The average molecular weight is 552 g/mol. The van der Waals surface area contributed by atoms with E-state index < -0.39 is 24.3 Å². The van der Waals surface area contributed by atoms with Crippen molar-refractivity contribution in [3.63, 3.8) is 0 Å². The van der Waals surface area contributed by atoms with Gasteiger partial charge in [-0.2, -0.15) is 17.6 Å². The molecule has 2 aromatic carbocycles. The van der Waals surface area contributed by atoms with Gasteiger partial charge in [-0.25, -0.2) is 9.78 Å². The van der Waals surface area contributed by atoms with E-state index in [1.165, 1.54) is 12.1 Å². The number of oxazole rings is 1. The number of halogens is 4. The molecule has 0 unspecified atom stereocenters. The molecule has 4 rings (SSSR count). The summed E-state index contributed by atoms with van der Waals surface area (Å²) in [6.45, 7) is 3.78. The van der Waals surface area contributed by atoms with Crippen LogP contribution in [-0.2, 0) is 22.7 Å². The summed E-state index contributed by atoms with van der Waals surface area (Å²) in [6.07, 6.45) is -5.60. The number of hydrogen-bond donors (Lipinski definition) is 1. The van der Waals surface area contributed by atoms with Gasteiger partial charge >= 0.3 is 18.5 Å². The SMILES string of the molecule is Cc1cccc(CO[C@@H]2CCC[C@H](OCc3nc(-c4cccc(OC(F)(F)C(F)F)c4)oc3C)C2)c1C(=O)O. The first kappa shape index (κ1) is 28.6. The van der Waals surface area contributed by atoms with E-state index in [-0.39, 0.29) is 42.4 Å². The van der Waals surface area contributed by atoms with Crippen molar-refractivity contribution < 1.29 is 46.1 Å². The predicted molar refractivity (Wildman–Crippen MR) is 132 cm³/mol. The van der Waals surface area contributed by atoms with E-state index in [2.05, 4.69) is 9.72 Å². The Kier molecular flexibility index (Phi) is 8.91. The first-order valence-electron chi connectivity index (χ1n) is 12.5. The quantitative estimate of drug-likeness (QED) is 0.258. The molecule has 0 radical (unpaired) electrons. The molecule has 0 saturated heterocycles. The Morgan fingerprint density at radius 2 is 1.79 bits per heavy atom. The topological polar surface area (TPSA) is 91.0 Å². The molecule has 7 nitrogen and oxygen atoms in total. The third kappa shape index (κ3) is 7.15. The molecule has 1 aromatic heterocycles. The molecular formula is C28H29F4NO6. The Labute approximate surface area is 222 Å². The summed E-state index contributed by atoms with van der Waals surface area (Å²) < 4.78 is 73.4. The summed E-state index contributed by atoms with van der Waals surface area (Å²) in [5.41, 5.74) is 2.38. The monoisotopic (exact) mass is 551 g/mol. The molecule has 1 aliphatic carbocycles. The minimum atomic E-state index is -4.62. The first-order chi connectivity index (χ1) is 18.5. The summed E-state index contributed by atoms with van der Waals surface area (Å²) in [6, 6.07) is 10.5. The summed E-state index contributed by atoms with van der Waals surface area (Å²) in [4.78, 5) is 16.0. The zero-order valence-electron chi connectivity index (χ0n) is 21.5. The third-order valence-corrected chi connectivity index (χ3v) is 6.56. The summed E-state index contributed by atoms with van der Waals surface area (Å²) in [7, 11) is 0. The second-order valence-corrected chi connectivity index (χ2v) is 9.46. The Morgan fingerprint density at radius 1 is 1.10 bits per heavy atom. The Balaban J connectivity index is 1.34. The number of benzene rings is 2. The van der Waals surface area contributed by atoms with Crippen molar-refractivity contribution in [2.75, 3.05) is 0 Å². The van der Waals surface area contributed by atoms with E-state index in [0.29, 0.717) is 29.0 Å². The molecule has 0 bridgehead atoms. The van der Waals surface area contributed by atoms with Crippen LogP contribution in [0.5, 0.6) is 5.75 Å². The maximum Gasteiger partial charge on any atom is 0.461 e. The van der Waals surface area contributed by atoms with Gasteiger partial charge in [-0.1, -0.05) is 24.3 Å². The fourth-order valence-corrected chi connectivity index (χ4v) is 4.54. The highest BCUT2D eigenvalue weighted by Crippen LogP contribution is 2.32. The molecule has 0 spiro atoms. The maximum atomic E-state index is 13.3. The molecule has 2 atom stereocenters. The van der Waals surface area contributed by atoms with Crippen LogP contribution in [0.2, 0.25) is 0 Å². The molecule has 1 aliphatic rings. The van der Waals surface area contributed by atoms with E-state index in [4.69, 9.17) is 13.9 Å². The van der Waals surface area contributed by atoms with Gasteiger partial charge in [0.25, 0.3) is 0 Å². The van der Waals surface area contributed by atoms with Crippen LogP contribution in [-0.4, -0.2) is 40.8 Å². The van der Waals surface area contributed by atoms with Gasteiger partial charge in [0.15, 0.2) is 0 Å². The van der Waals surface area contributed by atoms with Crippen LogP contribution in [0.4, 0.5) is 17.6 Å². The maximum absolute atomic E-state index is 13.3. The number of carboxylic acids is 1. The average Bonchev–Trinajstić information content (AvgIpc) is 3.26. The Bertz CT molecular complexity index is 1290. The first-order valence-corrected chi connectivity index (χ1v) is 12.5. The van der Waals surface area contributed by atoms with Gasteiger partial charge < -0.3 is 23.7 Å². The zero-order valence-corrected chi connectivity index (χ0v) is 21.5. The van der Waals surface area contributed by atoms with E-state index in [1.54, 1.807) is 26.0 Å². The number of aromatic carboxylic acids is 1. The lowest BCUT2D eigenvalue weighted by Crippen LogP contribution is -2.33. The molecule has 1 fully saturated rings. The highest BCUT2D eigenvalue weighted by atomic mass is 19.3. The number of carboxylic acid groups (broad SMARTS) is 1. The van der Waals surface area contributed by atoms with E-state index >= 15 is 0 Å². The molecule has 1 N–H and O–H groups in total. The van der Waals surface area contributed by atoms with Crippen LogP contribution in [0.25, 0.3) is 11.5 Å². The summed E-state index contributed by atoms with van der Waals surface area (Å²) in [5.74, 6) is -0.835. The summed E-state index contributed by atoms with van der Waals surface area (Å²) in [5, 5.41) is 9.53. The Hall–Kier alpha value is -3.44. The van der Waals surface area contributed by atoms with E-state index in [1.807, 2.05) is 6.07 Å². The fourth-order valence-electron chi connectivity index (χ4n) is 4.54. The van der Waals surface area contributed by atoms with Crippen LogP contribution in [0.15, 0.2) is 46.9 Å². The molecule has 210 valence electrons. The number of alkyl halides is 4. The van der Waals surface area contributed by atoms with Crippen LogP contribution in [0, 0.1) is 13.8 Å². The molecular weight excluding hydrogens is 522 g/mol. The summed E-state index contributed by atoms with van der Waals surface area (Å²) >= 11 is 0. The lowest BCUT2D eigenvalue weighted by atomic mass is 9.94. The minimum Gasteiger partial charge on any atom is -0.478 e. The molecule has 39 heavy (non-hydrogen) atoms. The van der Waals surface area contributed by atoms with Gasteiger partial charge in [0, 0.05) is 5.56 Å². The highest BCUT2D eigenvalue weighted by molar-refractivity contribution is 5.91. The number of ether oxygens (including phenoxy) is 3. The molecule has 1 saturated carbocycles. The van der Waals surface area contributed by atoms with Crippen molar-refractivity contribution in [3.8, 4) is 17.2 Å². The van der Waals surface area contributed by atoms with Crippen molar-refractivity contribution in [2.24, 2.45) is 0 Å². The van der Waals surface area contributed by atoms with Gasteiger partial charge in [0.2, 0.25) is 5.89 Å². The number of aryl methyl sites for hydroxylation is 2. The van der Waals surface area contributed by atoms with Gasteiger partial charge in [-0.3, -0.25) is 0 Å². The number of carbonyl (C=O) groups is 1. The fraction of sp³-hybridized carbons (Fsp3) is 0.429. The third-order valence-electron chi connectivity index (χ3n) is 6.56. The molecule has 0 amide bonds. The number of nitrogens with zero attached hydrogens (tertiary/aromatic N) is 1. The Morgan fingerprint density at radius 3 is 2.49 bits per heavy atom. The second-order valence-electron chi connectivity index (χ2n) is 9.46. The standard InChI is InChI=1S/C28H29F4NO6/c1-16-6-3-8-19(24(16)26(34)35)14-36-20-9-5-10-21(13-20)37-15-23-17(2)38-25(33-23)18-7-4-11-22(12-18)39-28(31,32)27(29)30/h3-4,6-8,11-12,20-21,27H,5,9-10,13-15H2,1-2H3,(H,34,35)/t20-,21+/m1/s1. The van der Waals surface area contributed by atoms with Crippen molar-refractivity contribution in [1.29, 1.82) is 0 Å². The number of hydrogen-bond acceptors (Lipinski definition) is 6. The molecule has 3 aromatic rings. The largest absolute Gasteiger partial charge is 0.478 e. The number of rotatable bonds is 11. The van der Waals surface area contributed by atoms with Crippen LogP contribution in [0.3, 0.4) is 0 Å². The van der Waals surface area contributed by atoms with Crippen molar-refractivity contribution in [2.45, 2.75) is 77.5 Å². The smallest absolute Gasteiger partial charge is 0.461 e. The zero-order chi connectivity index (χ0) is 28.2. The van der Waals surface area contributed by atoms with Gasteiger partial charge in [0.1, 0.15) is 17.2 Å². The van der Waals surface area contributed by atoms with E-state index in [9.17, 15) is 27.5 Å².